The van der Waals surface area contributed by atoms with Crippen LogP contribution in [0.3, 0.4) is 0 Å². The molecule has 0 N–H and O–H groups in total. The van der Waals surface area contributed by atoms with E-state index < -0.39 is 0 Å². The van der Waals surface area contributed by atoms with E-state index in [-0.39, 0.29) is 17.0 Å². The minimum atomic E-state index is -0.251. The molecule has 1 spiro atoms. The number of rotatable bonds is 0. The highest BCUT2D eigenvalue weighted by atomic mass is 16.5. The van der Waals surface area contributed by atoms with Crippen molar-refractivity contribution in [3.05, 3.63) is 46.9 Å². The first-order chi connectivity index (χ1) is 9.69. The number of likely N-dealkylation sites (tertiary alicyclic amines) is 1. The summed E-state index contributed by atoms with van der Waals surface area (Å²) in [6.45, 7) is 2.82. The van der Waals surface area contributed by atoms with Crippen molar-refractivity contribution < 1.29 is 9.53 Å². The number of amides is 1. The van der Waals surface area contributed by atoms with Gasteiger partial charge in [0, 0.05) is 24.7 Å². The molecular weight excluding hydrogens is 256 g/mol. The third-order valence-electron chi connectivity index (χ3n) is 4.16. The first-order valence-electron chi connectivity index (χ1n) is 6.66. The first-order valence-corrected chi connectivity index (χ1v) is 6.66. The largest absolute Gasteiger partial charge is 0.380 e. The Morgan fingerprint density at radius 2 is 1.90 bits per heavy atom. The molecule has 0 atom stereocenters. The third kappa shape index (κ3) is 1.53. The average molecular weight is 270 g/mol. The highest BCUT2D eigenvalue weighted by molar-refractivity contribution is 5.86. The summed E-state index contributed by atoms with van der Waals surface area (Å²) in [5.41, 5.74) is -0.0882. The van der Waals surface area contributed by atoms with Gasteiger partial charge in [-0.2, -0.15) is 0 Å². The lowest BCUT2D eigenvalue weighted by molar-refractivity contribution is -0.175. The third-order valence-corrected chi connectivity index (χ3v) is 4.16. The minimum Gasteiger partial charge on any atom is -0.380 e. The highest BCUT2D eigenvalue weighted by Crippen LogP contribution is 2.37. The lowest BCUT2D eigenvalue weighted by Crippen LogP contribution is -2.68. The van der Waals surface area contributed by atoms with Crippen molar-refractivity contribution in [1.29, 1.82) is 0 Å². The second kappa shape index (κ2) is 3.93. The molecule has 5 heteroatoms. The van der Waals surface area contributed by atoms with Gasteiger partial charge in [0.1, 0.15) is 0 Å². The van der Waals surface area contributed by atoms with Crippen LogP contribution in [-0.2, 0) is 4.74 Å². The van der Waals surface area contributed by atoms with Crippen molar-refractivity contribution in [1.82, 2.24) is 9.47 Å². The van der Waals surface area contributed by atoms with Gasteiger partial charge in [-0.25, -0.2) is 9.36 Å². The molecule has 2 aliphatic heterocycles. The van der Waals surface area contributed by atoms with Crippen LogP contribution in [0.15, 0.2) is 41.3 Å². The molecule has 20 heavy (non-hydrogen) atoms. The molecule has 2 aliphatic rings. The van der Waals surface area contributed by atoms with Gasteiger partial charge in [0.25, 0.3) is 5.56 Å². The molecular formula is C15H14N2O3. The van der Waals surface area contributed by atoms with Crippen LogP contribution in [0.4, 0.5) is 4.79 Å². The molecule has 1 amide bonds. The van der Waals surface area contributed by atoms with E-state index in [0.29, 0.717) is 18.5 Å². The molecule has 0 saturated carbocycles. The Morgan fingerprint density at radius 3 is 2.60 bits per heavy atom. The molecule has 3 heterocycles. The Balaban J connectivity index is 1.67. The van der Waals surface area contributed by atoms with Crippen molar-refractivity contribution in [2.75, 3.05) is 26.3 Å². The summed E-state index contributed by atoms with van der Waals surface area (Å²) >= 11 is 0. The van der Waals surface area contributed by atoms with Gasteiger partial charge in [-0.15, -0.1) is 0 Å². The zero-order valence-electron chi connectivity index (χ0n) is 10.9. The normalized spacial score (nSPS) is 19.7. The lowest BCUT2D eigenvalue weighted by atomic mass is 9.78. The molecule has 2 aromatic rings. The van der Waals surface area contributed by atoms with Crippen molar-refractivity contribution in [2.45, 2.75) is 0 Å². The molecule has 0 unspecified atom stereocenters. The van der Waals surface area contributed by atoms with Crippen LogP contribution in [0.5, 0.6) is 0 Å². The van der Waals surface area contributed by atoms with Gasteiger partial charge >= 0.3 is 6.03 Å². The van der Waals surface area contributed by atoms with Crippen molar-refractivity contribution >= 4 is 16.8 Å². The standard InChI is InChI=1S/C15H14N2O3/c18-13-12-4-2-1-3-11(12)5-6-17(13)14(19)16-7-15(8-16)9-20-10-15/h1-6H,7-10H2. The quantitative estimate of drug-likeness (QED) is 0.725. The molecule has 2 fully saturated rings. The van der Waals surface area contributed by atoms with Crippen molar-refractivity contribution in [2.24, 2.45) is 5.41 Å². The summed E-state index contributed by atoms with van der Waals surface area (Å²) in [5, 5.41) is 1.43. The van der Waals surface area contributed by atoms with E-state index in [0.717, 1.165) is 18.6 Å². The molecule has 1 aromatic carbocycles. The summed E-state index contributed by atoms with van der Waals surface area (Å²) in [4.78, 5) is 26.4. The second-order valence-electron chi connectivity index (χ2n) is 5.71. The van der Waals surface area contributed by atoms with Crippen LogP contribution >= 0.6 is 0 Å². The predicted octanol–water partition coefficient (Wildman–Crippen LogP) is 1.30. The van der Waals surface area contributed by atoms with Crippen LogP contribution in [0.2, 0.25) is 0 Å². The van der Waals surface area contributed by atoms with Crippen LogP contribution in [0.25, 0.3) is 10.8 Å². The summed E-state index contributed by atoms with van der Waals surface area (Å²) in [5.74, 6) is 0. The molecule has 102 valence electrons. The SMILES string of the molecule is O=C(N1CC2(COC2)C1)n1ccc2ccccc2c1=O. The number of ether oxygens (including phenoxy) is 1. The Morgan fingerprint density at radius 1 is 1.15 bits per heavy atom. The number of fused-ring (bicyclic) bond motifs is 1. The Bertz CT molecular complexity index is 753. The number of pyridine rings is 1. The molecule has 1 aromatic heterocycles. The molecule has 4 rings (SSSR count). The molecule has 0 bridgehead atoms. The fourth-order valence-corrected chi connectivity index (χ4v) is 2.96. The van der Waals surface area contributed by atoms with Crippen molar-refractivity contribution in [3.8, 4) is 0 Å². The van der Waals surface area contributed by atoms with Gasteiger partial charge in [0.2, 0.25) is 0 Å². The van der Waals surface area contributed by atoms with Gasteiger partial charge in [-0.3, -0.25) is 4.79 Å². The number of aromatic nitrogens is 1. The zero-order valence-corrected chi connectivity index (χ0v) is 10.9. The Hall–Kier alpha value is -2.14. The van der Waals surface area contributed by atoms with E-state index in [1.54, 1.807) is 23.2 Å². The maximum atomic E-state index is 12.4. The van der Waals surface area contributed by atoms with Crippen LogP contribution < -0.4 is 5.56 Å². The fourth-order valence-electron chi connectivity index (χ4n) is 2.96. The fraction of sp³-hybridized carbons (Fsp3) is 0.333. The molecule has 2 saturated heterocycles. The second-order valence-corrected chi connectivity index (χ2v) is 5.71. The van der Waals surface area contributed by atoms with E-state index in [1.165, 1.54) is 4.57 Å². The predicted molar refractivity (Wildman–Crippen MR) is 73.8 cm³/mol. The maximum Gasteiger partial charge on any atom is 0.331 e. The summed E-state index contributed by atoms with van der Waals surface area (Å²) in [7, 11) is 0. The lowest BCUT2D eigenvalue weighted by Gasteiger charge is -2.54. The average Bonchev–Trinajstić information content (AvgIpc) is 2.36. The highest BCUT2D eigenvalue weighted by Gasteiger charge is 2.51. The number of carbonyl (C=O) groups excluding carboxylic acids is 1. The van der Waals surface area contributed by atoms with Gasteiger partial charge in [0.15, 0.2) is 0 Å². The van der Waals surface area contributed by atoms with Crippen molar-refractivity contribution in [3.63, 3.8) is 0 Å². The monoisotopic (exact) mass is 270 g/mol. The summed E-state index contributed by atoms with van der Waals surface area (Å²) in [6, 6.07) is 8.87. The molecule has 0 aliphatic carbocycles. The van der Waals surface area contributed by atoms with Crippen LogP contribution in [0, 0.1) is 5.41 Å². The summed E-state index contributed by atoms with van der Waals surface area (Å²) < 4.78 is 6.39. The van der Waals surface area contributed by atoms with E-state index in [9.17, 15) is 9.59 Å². The molecule has 0 radical (unpaired) electrons. The molecule has 5 nitrogen and oxygen atoms in total. The number of benzene rings is 1. The van der Waals surface area contributed by atoms with E-state index in [4.69, 9.17) is 4.74 Å². The number of hydrogen-bond acceptors (Lipinski definition) is 3. The summed E-state index contributed by atoms with van der Waals surface area (Å²) in [6.07, 6.45) is 1.56. The smallest absolute Gasteiger partial charge is 0.331 e. The Kier molecular flexibility index (Phi) is 2.29. The van der Waals surface area contributed by atoms with Crippen LogP contribution in [0.1, 0.15) is 0 Å². The minimum absolute atomic E-state index is 0.163. The zero-order chi connectivity index (χ0) is 13.7. The number of hydrogen-bond donors (Lipinski definition) is 0. The van der Waals surface area contributed by atoms with Gasteiger partial charge in [0.05, 0.1) is 18.6 Å². The maximum absolute atomic E-state index is 12.4. The topological polar surface area (TPSA) is 51.5 Å². The van der Waals surface area contributed by atoms with Gasteiger partial charge < -0.3 is 9.64 Å². The van der Waals surface area contributed by atoms with Gasteiger partial charge in [-0.05, 0) is 17.5 Å². The van der Waals surface area contributed by atoms with Gasteiger partial charge in [-0.1, -0.05) is 18.2 Å². The number of carbonyl (C=O) groups is 1. The van der Waals surface area contributed by atoms with Crippen LogP contribution in [-0.4, -0.2) is 41.8 Å². The van der Waals surface area contributed by atoms with E-state index in [1.807, 2.05) is 18.2 Å². The van der Waals surface area contributed by atoms with E-state index in [2.05, 4.69) is 0 Å². The first kappa shape index (κ1) is 11.7. The van der Waals surface area contributed by atoms with E-state index >= 15 is 0 Å². The Labute approximate surface area is 115 Å². The number of nitrogens with zero attached hydrogens (tertiary/aromatic N) is 2.